The number of carbonyl (C=O) groups is 1. The molecule has 0 fully saturated rings. The molecule has 116 valence electrons. The van der Waals surface area contributed by atoms with Gasteiger partial charge in [0.1, 0.15) is 5.75 Å². The first-order valence-corrected chi connectivity index (χ1v) is 7.57. The summed E-state index contributed by atoms with van der Waals surface area (Å²) in [5.74, 6) is 1.07. The molecule has 1 aromatic carbocycles. The number of nitrogens with two attached hydrogens (primary N) is 1. The first-order chi connectivity index (χ1) is 9.65. The average Bonchev–Trinajstić information content (AvgIpc) is 2.38. The number of nitrogens with zero attached hydrogens (tertiary/aromatic N) is 1. The Labute approximate surface area is 127 Å². The third-order valence-electron chi connectivity index (χ3n) is 3.96. The largest absolute Gasteiger partial charge is 0.476 e. The maximum Gasteiger partial charge on any atom is 0.270 e. The Kier molecular flexibility index (Phi) is 4.02. The van der Waals surface area contributed by atoms with Crippen LogP contribution in [0, 0.1) is 5.92 Å². The lowest BCUT2D eigenvalue weighted by molar-refractivity contribution is -0.133. The number of rotatable bonds is 3. The normalized spacial score (nSPS) is 18.7. The second-order valence-electron chi connectivity index (χ2n) is 6.88. The van der Waals surface area contributed by atoms with Gasteiger partial charge in [-0.05, 0) is 51.3 Å². The Morgan fingerprint density at radius 1 is 1.19 bits per heavy atom. The molecular weight excluding hydrogens is 264 g/mol. The van der Waals surface area contributed by atoms with E-state index in [1.54, 1.807) is 13.8 Å². The monoisotopic (exact) mass is 290 g/mol. The molecule has 1 amide bonds. The summed E-state index contributed by atoms with van der Waals surface area (Å²) in [6.07, 6.45) is 0. The molecule has 4 heteroatoms. The molecule has 0 saturated heterocycles. The van der Waals surface area contributed by atoms with Crippen LogP contribution in [0.3, 0.4) is 0 Å². The van der Waals surface area contributed by atoms with Crippen molar-refractivity contribution in [1.82, 2.24) is 0 Å². The fourth-order valence-electron chi connectivity index (χ4n) is 2.63. The van der Waals surface area contributed by atoms with Crippen LogP contribution in [0.1, 0.15) is 53.1 Å². The lowest BCUT2D eigenvalue weighted by Crippen LogP contribution is -2.54. The lowest BCUT2D eigenvalue weighted by atomic mass is 9.94. The van der Waals surface area contributed by atoms with Gasteiger partial charge in [0.05, 0.1) is 5.69 Å². The molecule has 0 spiro atoms. The fourth-order valence-corrected chi connectivity index (χ4v) is 2.63. The zero-order valence-corrected chi connectivity index (χ0v) is 13.8. The number of fused-ring (bicyclic) bond motifs is 1. The molecule has 1 heterocycles. The number of ether oxygens (including phenoxy) is 1. The first kappa shape index (κ1) is 15.8. The van der Waals surface area contributed by atoms with E-state index < -0.39 is 5.60 Å². The number of amides is 1. The van der Waals surface area contributed by atoms with Crippen LogP contribution in [0.15, 0.2) is 18.2 Å². The van der Waals surface area contributed by atoms with Gasteiger partial charge in [0, 0.05) is 12.1 Å². The van der Waals surface area contributed by atoms with Gasteiger partial charge >= 0.3 is 0 Å². The minimum atomic E-state index is -0.834. The first-order valence-electron chi connectivity index (χ1n) is 7.57. The molecule has 21 heavy (non-hydrogen) atoms. The highest BCUT2D eigenvalue weighted by Gasteiger charge is 2.42. The van der Waals surface area contributed by atoms with Crippen LogP contribution in [0.5, 0.6) is 5.75 Å². The highest BCUT2D eigenvalue weighted by atomic mass is 16.5. The molecule has 2 N–H and O–H groups in total. The quantitative estimate of drug-likeness (QED) is 0.929. The molecule has 0 saturated carbocycles. The molecule has 1 aliphatic rings. The highest BCUT2D eigenvalue weighted by Crippen LogP contribution is 2.40. The summed E-state index contributed by atoms with van der Waals surface area (Å²) in [5, 5.41) is 0. The number of benzene rings is 1. The van der Waals surface area contributed by atoms with Crippen molar-refractivity contribution in [2.45, 2.75) is 59.2 Å². The van der Waals surface area contributed by atoms with Gasteiger partial charge in [-0.3, -0.25) is 4.79 Å². The molecular formula is C17H26N2O2. The number of hydrogen-bond acceptors (Lipinski definition) is 3. The van der Waals surface area contributed by atoms with Gasteiger partial charge in [0.2, 0.25) is 0 Å². The van der Waals surface area contributed by atoms with E-state index >= 15 is 0 Å². The molecule has 0 aromatic heterocycles. The van der Waals surface area contributed by atoms with Crippen LogP contribution < -0.4 is 15.4 Å². The summed E-state index contributed by atoms with van der Waals surface area (Å²) in [6.45, 7) is 11.8. The second-order valence-corrected chi connectivity index (χ2v) is 6.88. The zero-order chi connectivity index (χ0) is 15.9. The Balaban J connectivity index is 2.53. The molecule has 0 aliphatic carbocycles. The van der Waals surface area contributed by atoms with E-state index in [1.165, 1.54) is 0 Å². The molecule has 0 radical (unpaired) electrons. The smallest absolute Gasteiger partial charge is 0.270 e. The molecule has 1 atom stereocenters. The van der Waals surface area contributed by atoms with E-state index in [0.717, 1.165) is 17.0 Å². The topological polar surface area (TPSA) is 55.6 Å². The maximum atomic E-state index is 12.6. The van der Waals surface area contributed by atoms with Crippen LogP contribution >= 0.6 is 0 Å². The molecule has 1 unspecified atom stereocenters. The summed E-state index contributed by atoms with van der Waals surface area (Å²) in [4.78, 5) is 14.5. The van der Waals surface area contributed by atoms with Crippen molar-refractivity contribution >= 4 is 11.6 Å². The average molecular weight is 290 g/mol. The van der Waals surface area contributed by atoms with Crippen LogP contribution in [0.2, 0.25) is 0 Å². The lowest BCUT2D eigenvalue weighted by Gasteiger charge is -2.41. The van der Waals surface area contributed by atoms with E-state index in [4.69, 9.17) is 10.5 Å². The molecule has 0 bridgehead atoms. The van der Waals surface area contributed by atoms with Crippen LogP contribution in [-0.4, -0.2) is 17.6 Å². The van der Waals surface area contributed by atoms with Crippen molar-refractivity contribution in [3.63, 3.8) is 0 Å². The van der Waals surface area contributed by atoms with Crippen LogP contribution in [-0.2, 0) is 4.79 Å². The van der Waals surface area contributed by atoms with E-state index in [-0.39, 0.29) is 18.0 Å². The SMILES string of the molecule is CC(C)C(N)c1ccc2c(c1)N(C(C)C)C(=O)C(C)(C)O2. The standard InChI is InChI=1S/C17H26N2O2/c1-10(2)15(18)12-7-8-14-13(9-12)19(11(3)4)16(20)17(5,6)21-14/h7-11,15H,18H2,1-6H3. The Morgan fingerprint density at radius 2 is 1.81 bits per heavy atom. The predicted molar refractivity (Wildman–Crippen MR) is 85.5 cm³/mol. The Hall–Kier alpha value is -1.55. The fraction of sp³-hybridized carbons (Fsp3) is 0.588. The predicted octanol–water partition coefficient (Wildman–Crippen LogP) is 3.25. The summed E-state index contributed by atoms with van der Waals surface area (Å²) in [7, 11) is 0. The number of anilines is 1. The van der Waals surface area contributed by atoms with Gasteiger partial charge in [-0.1, -0.05) is 19.9 Å². The van der Waals surface area contributed by atoms with Crippen molar-refractivity contribution in [1.29, 1.82) is 0 Å². The summed E-state index contributed by atoms with van der Waals surface area (Å²) in [6, 6.07) is 5.94. The third-order valence-corrected chi connectivity index (χ3v) is 3.96. The maximum absolute atomic E-state index is 12.6. The highest BCUT2D eigenvalue weighted by molar-refractivity contribution is 6.02. The third kappa shape index (κ3) is 2.77. The Bertz CT molecular complexity index is 550. The van der Waals surface area contributed by atoms with Crippen molar-refractivity contribution in [2.75, 3.05) is 4.90 Å². The van der Waals surface area contributed by atoms with Crippen molar-refractivity contribution in [3.8, 4) is 5.75 Å². The summed E-state index contributed by atoms with van der Waals surface area (Å²) < 4.78 is 5.88. The van der Waals surface area contributed by atoms with Crippen LogP contribution in [0.25, 0.3) is 0 Å². The summed E-state index contributed by atoms with van der Waals surface area (Å²) >= 11 is 0. The minimum Gasteiger partial charge on any atom is -0.476 e. The number of hydrogen-bond donors (Lipinski definition) is 1. The molecule has 4 nitrogen and oxygen atoms in total. The van der Waals surface area contributed by atoms with E-state index in [9.17, 15) is 4.79 Å². The molecule has 1 aromatic rings. The van der Waals surface area contributed by atoms with Crippen molar-refractivity contribution in [3.05, 3.63) is 23.8 Å². The van der Waals surface area contributed by atoms with Gasteiger partial charge < -0.3 is 15.4 Å². The van der Waals surface area contributed by atoms with Gasteiger partial charge in [0.15, 0.2) is 5.60 Å². The van der Waals surface area contributed by atoms with E-state index in [0.29, 0.717) is 5.92 Å². The molecule has 2 rings (SSSR count). The zero-order valence-electron chi connectivity index (χ0n) is 13.8. The molecule has 1 aliphatic heterocycles. The Morgan fingerprint density at radius 3 is 2.33 bits per heavy atom. The van der Waals surface area contributed by atoms with E-state index in [1.807, 2.05) is 36.9 Å². The van der Waals surface area contributed by atoms with Crippen molar-refractivity contribution < 1.29 is 9.53 Å². The van der Waals surface area contributed by atoms with Gasteiger partial charge in [-0.2, -0.15) is 0 Å². The summed E-state index contributed by atoms with van der Waals surface area (Å²) in [5.41, 5.74) is 7.26. The van der Waals surface area contributed by atoms with Crippen molar-refractivity contribution in [2.24, 2.45) is 11.7 Å². The number of carbonyl (C=O) groups excluding carboxylic acids is 1. The van der Waals surface area contributed by atoms with Gasteiger partial charge in [-0.15, -0.1) is 0 Å². The van der Waals surface area contributed by atoms with Gasteiger partial charge in [0.25, 0.3) is 5.91 Å². The minimum absolute atomic E-state index is 0.0136. The van der Waals surface area contributed by atoms with Gasteiger partial charge in [-0.25, -0.2) is 0 Å². The van der Waals surface area contributed by atoms with E-state index in [2.05, 4.69) is 13.8 Å². The van der Waals surface area contributed by atoms with Crippen LogP contribution in [0.4, 0.5) is 5.69 Å². The second kappa shape index (κ2) is 5.34.